The molecule has 1 aromatic heterocycles. The Bertz CT molecular complexity index is 504. The van der Waals surface area contributed by atoms with Crippen LogP contribution in [0, 0.1) is 0 Å². The van der Waals surface area contributed by atoms with E-state index >= 15 is 0 Å². The second-order valence-electron chi connectivity index (χ2n) is 3.15. The molecule has 0 bridgehead atoms. The molecule has 0 aliphatic rings. The highest BCUT2D eigenvalue weighted by molar-refractivity contribution is 7.99. The molecule has 1 heterocycles. The third-order valence-corrected chi connectivity index (χ3v) is 2.81. The minimum atomic E-state index is 0.00909. The van der Waals surface area contributed by atoms with E-state index in [1.807, 2.05) is 6.26 Å². The van der Waals surface area contributed by atoms with Crippen molar-refractivity contribution in [3.63, 3.8) is 0 Å². The Morgan fingerprint density at radius 1 is 1.47 bits per heavy atom. The summed E-state index contributed by atoms with van der Waals surface area (Å²) in [4.78, 5) is 11.6. The highest BCUT2D eigenvalue weighted by Gasteiger charge is 2.11. The highest BCUT2D eigenvalue weighted by Crippen LogP contribution is 2.23. The third kappa shape index (κ3) is 2.19. The lowest BCUT2D eigenvalue weighted by Gasteiger charge is -1.91. The van der Waals surface area contributed by atoms with Crippen molar-refractivity contribution < 1.29 is 9.21 Å². The van der Waals surface area contributed by atoms with E-state index in [1.54, 1.807) is 24.3 Å². The predicted molar refractivity (Wildman–Crippen MR) is 63.9 cm³/mol. The number of furan rings is 1. The van der Waals surface area contributed by atoms with E-state index in [2.05, 4.69) is 0 Å². The summed E-state index contributed by atoms with van der Waals surface area (Å²) in [5, 5.41) is 1.51. The number of hydrogen-bond donors (Lipinski definition) is 0. The van der Waals surface area contributed by atoms with Gasteiger partial charge in [-0.25, -0.2) is 0 Å². The number of ketones is 1. The van der Waals surface area contributed by atoms with Crippen LogP contribution in [0.25, 0.3) is 11.0 Å². The molecular weight excluding hydrogens is 232 g/mol. The molecule has 0 saturated carbocycles. The minimum absolute atomic E-state index is 0.00909. The molecule has 0 radical (unpaired) electrons. The summed E-state index contributed by atoms with van der Waals surface area (Å²) in [7, 11) is 0. The van der Waals surface area contributed by atoms with Gasteiger partial charge in [0.15, 0.2) is 5.76 Å². The van der Waals surface area contributed by atoms with Gasteiger partial charge in [0.25, 0.3) is 0 Å². The summed E-state index contributed by atoms with van der Waals surface area (Å²) >= 11 is 7.32. The number of carbonyl (C=O) groups excluding carboxylic acids is 1. The van der Waals surface area contributed by atoms with Crippen molar-refractivity contribution in [1.82, 2.24) is 0 Å². The van der Waals surface area contributed by atoms with Crippen molar-refractivity contribution in [2.45, 2.75) is 0 Å². The van der Waals surface area contributed by atoms with E-state index < -0.39 is 0 Å². The summed E-state index contributed by atoms with van der Waals surface area (Å²) in [6.45, 7) is 0. The van der Waals surface area contributed by atoms with Crippen molar-refractivity contribution in [3.8, 4) is 0 Å². The average Bonchev–Trinajstić information content (AvgIpc) is 2.60. The van der Waals surface area contributed by atoms with Crippen LogP contribution in [0.3, 0.4) is 0 Å². The predicted octanol–water partition coefficient (Wildman–Crippen LogP) is 3.63. The molecule has 4 heteroatoms. The molecule has 2 rings (SSSR count). The number of benzene rings is 1. The van der Waals surface area contributed by atoms with Crippen molar-refractivity contribution in [2.24, 2.45) is 0 Å². The standard InChI is InChI=1S/C11H9ClO2S/c1-15-6-9(13)11-5-7-4-8(12)2-3-10(7)14-11/h2-5H,6H2,1H3. The zero-order chi connectivity index (χ0) is 10.8. The molecule has 1 aromatic carbocycles. The van der Waals surface area contributed by atoms with Gasteiger partial charge in [-0.1, -0.05) is 11.6 Å². The smallest absolute Gasteiger partial charge is 0.207 e. The van der Waals surface area contributed by atoms with Crippen LogP contribution >= 0.6 is 23.4 Å². The lowest BCUT2D eigenvalue weighted by atomic mass is 10.2. The van der Waals surface area contributed by atoms with Gasteiger partial charge in [-0.2, -0.15) is 11.8 Å². The molecule has 0 atom stereocenters. The molecule has 15 heavy (non-hydrogen) atoms. The number of hydrogen-bond acceptors (Lipinski definition) is 3. The maximum absolute atomic E-state index is 11.6. The zero-order valence-electron chi connectivity index (χ0n) is 8.12. The fourth-order valence-corrected chi connectivity index (χ4v) is 1.94. The van der Waals surface area contributed by atoms with E-state index in [9.17, 15) is 4.79 Å². The van der Waals surface area contributed by atoms with Gasteiger partial charge in [0.2, 0.25) is 5.78 Å². The van der Waals surface area contributed by atoms with Crippen molar-refractivity contribution in [1.29, 1.82) is 0 Å². The average molecular weight is 241 g/mol. The van der Waals surface area contributed by atoms with Crippen LogP contribution in [0.5, 0.6) is 0 Å². The molecule has 0 fully saturated rings. The van der Waals surface area contributed by atoms with Crippen LogP contribution in [-0.2, 0) is 0 Å². The molecule has 0 unspecified atom stereocenters. The summed E-state index contributed by atoms with van der Waals surface area (Å²) in [6.07, 6.45) is 1.89. The Morgan fingerprint density at radius 2 is 2.27 bits per heavy atom. The molecular formula is C11H9ClO2S. The molecule has 2 nitrogen and oxygen atoms in total. The van der Waals surface area contributed by atoms with Gasteiger partial charge in [0, 0.05) is 10.4 Å². The molecule has 0 saturated heterocycles. The van der Waals surface area contributed by atoms with E-state index in [0.717, 1.165) is 5.39 Å². The quantitative estimate of drug-likeness (QED) is 0.768. The third-order valence-electron chi connectivity index (χ3n) is 2.03. The number of thioether (sulfide) groups is 1. The Kier molecular flexibility index (Phi) is 3.03. The molecule has 0 spiro atoms. The second-order valence-corrected chi connectivity index (χ2v) is 4.45. The first kappa shape index (κ1) is 10.6. The summed E-state index contributed by atoms with van der Waals surface area (Å²) < 4.78 is 5.42. The second kappa shape index (κ2) is 4.29. The van der Waals surface area contributed by atoms with Crippen molar-refractivity contribution in [2.75, 3.05) is 12.0 Å². The Hall–Kier alpha value is -0.930. The van der Waals surface area contributed by atoms with E-state index in [1.165, 1.54) is 11.8 Å². The minimum Gasteiger partial charge on any atom is -0.453 e. The number of halogens is 1. The van der Waals surface area contributed by atoms with Crippen LogP contribution in [-0.4, -0.2) is 17.8 Å². The molecule has 0 aliphatic heterocycles. The highest BCUT2D eigenvalue weighted by atomic mass is 35.5. The Labute approximate surface area is 96.6 Å². The first-order valence-electron chi connectivity index (χ1n) is 4.42. The van der Waals surface area contributed by atoms with Gasteiger partial charge in [-0.3, -0.25) is 4.79 Å². The summed E-state index contributed by atoms with van der Waals surface area (Å²) in [5.74, 6) is 0.851. The van der Waals surface area contributed by atoms with Gasteiger partial charge in [0.1, 0.15) is 5.58 Å². The number of fused-ring (bicyclic) bond motifs is 1. The Balaban J connectivity index is 2.42. The number of rotatable bonds is 3. The number of carbonyl (C=O) groups is 1. The lowest BCUT2D eigenvalue weighted by molar-refractivity contribution is 0.0994. The first-order valence-corrected chi connectivity index (χ1v) is 6.19. The number of Topliss-reactive ketones (excluding diaryl/α,β-unsaturated/α-hetero) is 1. The molecule has 78 valence electrons. The van der Waals surface area contributed by atoms with Crippen LogP contribution in [0.2, 0.25) is 5.02 Å². The SMILES string of the molecule is CSCC(=O)c1cc2cc(Cl)ccc2o1. The molecule has 2 aromatic rings. The molecule has 0 aliphatic carbocycles. The van der Waals surface area contributed by atoms with Crippen LogP contribution in [0.4, 0.5) is 0 Å². The van der Waals surface area contributed by atoms with Crippen LogP contribution < -0.4 is 0 Å². The maximum atomic E-state index is 11.6. The largest absolute Gasteiger partial charge is 0.453 e. The van der Waals surface area contributed by atoms with Gasteiger partial charge < -0.3 is 4.42 Å². The maximum Gasteiger partial charge on any atom is 0.207 e. The summed E-state index contributed by atoms with van der Waals surface area (Å²) in [6, 6.07) is 7.04. The fraction of sp³-hybridized carbons (Fsp3) is 0.182. The van der Waals surface area contributed by atoms with E-state index in [4.69, 9.17) is 16.0 Å². The zero-order valence-corrected chi connectivity index (χ0v) is 9.69. The van der Waals surface area contributed by atoms with E-state index in [-0.39, 0.29) is 5.78 Å². The topological polar surface area (TPSA) is 30.2 Å². The van der Waals surface area contributed by atoms with Gasteiger partial charge in [-0.15, -0.1) is 0 Å². The van der Waals surface area contributed by atoms with Gasteiger partial charge in [0.05, 0.1) is 5.75 Å². The normalized spacial score (nSPS) is 10.8. The van der Waals surface area contributed by atoms with E-state index in [0.29, 0.717) is 22.1 Å². The van der Waals surface area contributed by atoms with Gasteiger partial charge >= 0.3 is 0 Å². The Morgan fingerprint density at radius 3 is 3.00 bits per heavy atom. The molecule has 0 N–H and O–H groups in total. The lowest BCUT2D eigenvalue weighted by Crippen LogP contribution is -1.99. The monoisotopic (exact) mass is 240 g/mol. The van der Waals surface area contributed by atoms with Crippen molar-refractivity contribution in [3.05, 3.63) is 35.0 Å². The van der Waals surface area contributed by atoms with Crippen LogP contribution in [0.1, 0.15) is 10.6 Å². The van der Waals surface area contributed by atoms with Gasteiger partial charge in [-0.05, 0) is 30.5 Å². The molecule has 0 amide bonds. The van der Waals surface area contributed by atoms with Crippen molar-refractivity contribution >= 4 is 40.1 Å². The first-order chi connectivity index (χ1) is 7.20. The van der Waals surface area contributed by atoms with Crippen LogP contribution in [0.15, 0.2) is 28.7 Å². The fourth-order valence-electron chi connectivity index (χ4n) is 1.35. The summed E-state index contributed by atoms with van der Waals surface area (Å²) in [5.41, 5.74) is 0.698.